The summed E-state index contributed by atoms with van der Waals surface area (Å²) in [4.78, 5) is 32.5. The Labute approximate surface area is 178 Å². The standard InChI is InChI=1S/C25H20N2O2S/c1-16-11-12-22-20(15-16)23(19-9-4-5-10-21(19)26-22)30-14-6-13-27-24(28)17-7-2-3-8-18(17)25(27)29/h2-5,7-12,15H,6,13-14H2,1H3. The quantitative estimate of drug-likeness (QED) is 0.189. The number of rotatable bonds is 5. The van der Waals surface area contributed by atoms with E-state index < -0.39 is 0 Å². The first-order chi connectivity index (χ1) is 14.6. The smallest absolute Gasteiger partial charge is 0.261 e. The van der Waals surface area contributed by atoms with Crippen molar-refractivity contribution in [2.75, 3.05) is 12.3 Å². The molecule has 4 aromatic rings. The fourth-order valence-corrected chi connectivity index (χ4v) is 5.09. The highest BCUT2D eigenvalue weighted by Crippen LogP contribution is 2.35. The molecular formula is C25H20N2O2S. The molecule has 0 fully saturated rings. The van der Waals surface area contributed by atoms with Gasteiger partial charge in [0.05, 0.1) is 22.2 Å². The number of pyridine rings is 1. The largest absolute Gasteiger partial charge is 0.274 e. The number of imide groups is 1. The van der Waals surface area contributed by atoms with Crippen LogP contribution in [0.3, 0.4) is 0 Å². The summed E-state index contributed by atoms with van der Waals surface area (Å²) >= 11 is 1.77. The molecule has 0 radical (unpaired) electrons. The Hall–Kier alpha value is -3.18. The molecule has 0 atom stereocenters. The third-order valence-electron chi connectivity index (χ3n) is 5.44. The van der Waals surface area contributed by atoms with Crippen molar-refractivity contribution in [1.29, 1.82) is 0 Å². The van der Waals surface area contributed by atoms with Crippen LogP contribution < -0.4 is 0 Å². The number of carbonyl (C=O) groups excluding carboxylic acids is 2. The fourth-order valence-electron chi connectivity index (χ4n) is 3.96. The predicted molar refractivity (Wildman–Crippen MR) is 121 cm³/mol. The summed E-state index contributed by atoms with van der Waals surface area (Å²) in [6, 6.07) is 21.6. The molecule has 5 heteroatoms. The maximum absolute atomic E-state index is 12.5. The molecule has 30 heavy (non-hydrogen) atoms. The second-order valence-electron chi connectivity index (χ2n) is 7.49. The van der Waals surface area contributed by atoms with Gasteiger partial charge in [-0.05, 0) is 49.4 Å². The van der Waals surface area contributed by atoms with E-state index >= 15 is 0 Å². The number of nitrogens with zero attached hydrogens (tertiary/aromatic N) is 2. The molecule has 1 aromatic heterocycles. The zero-order valence-corrected chi connectivity index (χ0v) is 17.4. The van der Waals surface area contributed by atoms with Gasteiger partial charge in [-0.2, -0.15) is 0 Å². The van der Waals surface area contributed by atoms with Crippen molar-refractivity contribution in [2.24, 2.45) is 0 Å². The maximum atomic E-state index is 12.5. The predicted octanol–water partition coefficient (Wildman–Crippen LogP) is 5.47. The molecule has 0 N–H and O–H groups in total. The van der Waals surface area contributed by atoms with Gasteiger partial charge in [0.2, 0.25) is 0 Å². The summed E-state index contributed by atoms with van der Waals surface area (Å²) in [7, 11) is 0. The number of hydrogen-bond donors (Lipinski definition) is 0. The summed E-state index contributed by atoms with van der Waals surface area (Å²) in [5.41, 5.74) is 4.19. The lowest BCUT2D eigenvalue weighted by atomic mass is 10.1. The molecule has 2 amide bonds. The van der Waals surface area contributed by atoms with Gasteiger partial charge in [0.25, 0.3) is 11.8 Å². The lowest BCUT2D eigenvalue weighted by Gasteiger charge is -2.14. The van der Waals surface area contributed by atoms with Crippen molar-refractivity contribution in [3.05, 3.63) is 83.4 Å². The van der Waals surface area contributed by atoms with Crippen LogP contribution in [0.25, 0.3) is 21.8 Å². The summed E-state index contributed by atoms with van der Waals surface area (Å²) in [5, 5.41) is 2.29. The highest BCUT2D eigenvalue weighted by atomic mass is 32.2. The first kappa shape index (κ1) is 18.8. The summed E-state index contributed by atoms with van der Waals surface area (Å²) in [5.74, 6) is 0.442. The first-order valence-corrected chi connectivity index (χ1v) is 11.0. The lowest BCUT2D eigenvalue weighted by molar-refractivity contribution is 0.0655. The van der Waals surface area contributed by atoms with E-state index in [1.165, 1.54) is 15.4 Å². The number of thioether (sulfide) groups is 1. The van der Waals surface area contributed by atoms with E-state index in [4.69, 9.17) is 4.98 Å². The molecule has 0 saturated carbocycles. The highest BCUT2D eigenvalue weighted by molar-refractivity contribution is 7.99. The van der Waals surface area contributed by atoms with Crippen molar-refractivity contribution in [3.8, 4) is 0 Å². The van der Waals surface area contributed by atoms with Gasteiger partial charge in [-0.25, -0.2) is 4.98 Å². The number of carbonyl (C=O) groups is 2. The molecule has 2 heterocycles. The molecule has 4 nitrogen and oxygen atoms in total. The number of para-hydroxylation sites is 1. The topological polar surface area (TPSA) is 50.3 Å². The van der Waals surface area contributed by atoms with Crippen molar-refractivity contribution in [2.45, 2.75) is 18.2 Å². The first-order valence-electron chi connectivity index (χ1n) is 10.0. The minimum atomic E-state index is -0.184. The van der Waals surface area contributed by atoms with Gasteiger partial charge >= 0.3 is 0 Å². The van der Waals surface area contributed by atoms with E-state index in [2.05, 4.69) is 31.2 Å². The molecular weight excluding hydrogens is 392 g/mol. The second-order valence-corrected chi connectivity index (χ2v) is 8.59. The number of aromatic nitrogens is 1. The highest BCUT2D eigenvalue weighted by Gasteiger charge is 2.34. The second kappa shape index (κ2) is 7.58. The Balaban J connectivity index is 1.36. The average molecular weight is 413 g/mol. The molecule has 1 aliphatic rings. The number of hydrogen-bond acceptors (Lipinski definition) is 4. The Morgan fingerprint density at radius 3 is 2.27 bits per heavy atom. The molecule has 0 spiro atoms. The van der Waals surface area contributed by atoms with Crippen LogP contribution in [0.1, 0.15) is 32.7 Å². The Morgan fingerprint density at radius 2 is 1.50 bits per heavy atom. The van der Waals surface area contributed by atoms with Gasteiger partial charge in [-0.3, -0.25) is 14.5 Å². The van der Waals surface area contributed by atoms with E-state index in [0.29, 0.717) is 17.7 Å². The summed E-state index contributed by atoms with van der Waals surface area (Å²) in [6.45, 7) is 2.52. The van der Waals surface area contributed by atoms with Crippen LogP contribution in [0, 0.1) is 6.92 Å². The van der Waals surface area contributed by atoms with E-state index in [0.717, 1.165) is 34.0 Å². The molecule has 0 aliphatic carbocycles. The molecule has 148 valence electrons. The molecule has 0 unspecified atom stereocenters. The average Bonchev–Trinajstić information content (AvgIpc) is 3.01. The molecule has 5 rings (SSSR count). The van der Waals surface area contributed by atoms with Crippen LogP contribution in [-0.2, 0) is 0 Å². The van der Waals surface area contributed by atoms with Gasteiger partial charge in [0.1, 0.15) is 0 Å². The minimum absolute atomic E-state index is 0.184. The molecule has 3 aromatic carbocycles. The van der Waals surface area contributed by atoms with Crippen LogP contribution in [0.4, 0.5) is 0 Å². The Bertz CT molecular complexity index is 1280. The lowest BCUT2D eigenvalue weighted by Crippen LogP contribution is -2.30. The van der Waals surface area contributed by atoms with Gasteiger partial charge in [0, 0.05) is 22.2 Å². The van der Waals surface area contributed by atoms with Crippen molar-refractivity contribution in [1.82, 2.24) is 9.88 Å². The van der Waals surface area contributed by atoms with E-state index in [9.17, 15) is 9.59 Å². The normalized spacial score (nSPS) is 13.4. The Morgan fingerprint density at radius 1 is 0.833 bits per heavy atom. The van der Waals surface area contributed by atoms with Gasteiger partial charge in [-0.1, -0.05) is 42.0 Å². The summed E-state index contributed by atoms with van der Waals surface area (Å²) < 4.78 is 0. The zero-order chi connectivity index (χ0) is 20.7. The molecule has 1 aliphatic heterocycles. The maximum Gasteiger partial charge on any atom is 0.261 e. The monoisotopic (exact) mass is 412 g/mol. The van der Waals surface area contributed by atoms with Crippen molar-refractivity contribution >= 4 is 45.4 Å². The van der Waals surface area contributed by atoms with Crippen LogP contribution >= 0.6 is 11.8 Å². The third kappa shape index (κ3) is 3.15. The Kier molecular flexibility index (Phi) is 4.75. The van der Waals surface area contributed by atoms with Crippen molar-refractivity contribution in [3.63, 3.8) is 0 Å². The van der Waals surface area contributed by atoms with E-state index in [1.807, 2.05) is 18.2 Å². The van der Waals surface area contributed by atoms with Crippen LogP contribution in [0.15, 0.2) is 71.6 Å². The van der Waals surface area contributed by atoms with Crippen LogP contribution in [0.2, 0.25) is 0 Å². The van der Waals surface area contributed by atoms with Crippen molar-refractivity contribution < 1.29 is 9.59 Å². The number of fused-ring (bicyclic) bond motifs is 3. The van der Waals surface area contributed by atoms with Gasteiger partial charge in [0.15, 0.2) is 0 Å². The zero-order valence-electron chi connectivity index (χ0n) is 16.6. The van der Waals surface area contributed by atoms with Gasteiger partial charge < -0.3 is 0 Å². The fraction of sp³-hybridized carbons (Fsp3) is 0.160. The summed E-state index contributed by atoms with van der Waals surface area (Å²) in [6.07, 6.45) is 0.736. The number of aryl methyl sites for hydroxylation is 1. The molecule has 0 bridgehead atoms. The van der Waals surface area contributed by atoms with Crippen LogP contribution in [0.5, 0.6) is 0 Å². The number of amides is 2. The van der Waals surface area contributed by atoms with Gasteiger partial charge in [-0.15, -0.1) is 11.8 Å². The minimum Gasteiger partial charge on any atom is -0.274 e. The third-order valence-corrected chi connectivity index (χ3v) is 6.66. The van der Waals surface area contributed by atoms with Crippen LogP contribution in [-0.4, -0.2) is 34.0 Å². The van der Waals surface area contributed by atoms with E-state index in [-0.39, 0.29) is 11.8 Å². The SMILES string of the molecule is Cc1ccc2nc3ccccc3c(SCCCN3C(=O)c4ccccc4C3=O)c2c1. The van der Waals surface area contributed by atoms with E-state index in [1.54, 1.807) is 36.0 Å². The molecule has 0 saturated heterocycles. The number of benzene rings is 3.